The number of carbonyl (C=O) groups is 3. The molecule has 2 aromatic carbocycles. The summed E-state index contributed by atoms with van der Waals surface area (Å²) < 4.78 is 0. The summed E-state index contributed by atoms with van der Waals surface area (Å²) in [5.74, 6) is -1.12. The largest absolute Gasteiger partial charge is 0.322 e. The number of rotatable bonds is 3. The van der Waals surface area contributed by atoms with Gasteiger partial charge in [0.05, 0.1) is 22.8 Å². The van der Waals surface area contributed by atoms with Crippen LogP contribution in [0.15, 0.2) is 42.5 Å². The number of hydrogen-bond acceptors (Lipinski definition) is 4. The van der Waals surface area contributed by atoms with Gasteiger partial charge in [-0.25, -0.2) is 0 Å². The second kappa shape index (κ2) is 6.21. The number of nitrogens with one attached hydrogen (secondary N) is 1. The molecule has 0 aliphatic carbocycles. The molecular weight excluding hydrogens is 318 g/mol. The van der Waals surface area contributed by atoms with Crippen molar-refractivity contribution in [1.29, 1.82) is 5.26 Å². The number of nitriles is 1. The maximum atomic E-state index is 12.4. The van der Waals surface area contributed by atoms with E-state index in [1.165, 1.54) is 23.1 Å². The average Bonchev–Trinajstić information content (AvgIpc) is 2.86. The lowest BCUT2D eigenvalue weighted by Gasteiger charge is -2.17. The molecule has 0 radical (unpaired) electrons. The van der Waals surface area contributed by atoms with Crippen molar-refractivity contribution in [3.63, 3.8) is 0 Å². The number of fused-ring (bicyclic) bond motifs is 1. The van der Waals surface area contributed by atoms with E-state index in [4.69, 9.17) is 5.26 Å². The minimum atomic E-state index is -0.393. The zero-order valence-corrected chi connectivity index (χ0v) is 13.7. The SMILES string of the molecule is CC(C)N1C(=O)c2ccc(C(=O)Nc3ccc(C#N)cc3)cc2C1=O. The van der Waals surface area contributed by atoms with E-state index < -0.39 is 5.91 Å². The molecule has 0 fully saturated rings. The van der Waals surface area contributed by atoms with E-state index in [1.807, 2.05) is 6.07 Å². The molecule has 0 saturated heterocycles. The van der Waals surface area contributed by atoms with Crippen LogP contribution in [0.4, 0.5) is 5.69 Å². The van der Waals surface area contributed by atoms with Crippen LogP contribution in [-0.4, -0.2) is 28.7 Å². The molecule has 1 N–H and O–H groups in total. The first-order valence-corrected chi connectivity index (χ1v) is 7.76. The lowest BCUT2D eigenvalue weighted by molar-refractivity contribution is 0.0609. The van der Waals surface area contributed by atoms with E-state index in [2.05, 4.69) is 5.32 Å². The van der Waals surface area contributed by atoms with Crippen LogP contribution < -0.4 is 5.32 Å². The Morgan fingerprint density at radius 2 is 1.68 bits per heavy atom. The molecule has 6 nitrogen and oxygen atoms in total. The highest BCUT2D eigenvalue weighted by molar-refractivity contribution is 6.22. The molecule has 6 heteroatoms. The van der Waals surface area contributed by atoms with Gasteiger partial charge in [-0.2, -0.15) is 5.26 Å². The summed E-state index contributed by atoms with van der Waals surface area (Å²) in [7, 11) is 0. The third-order valence-electron chi connectivity index (χ3n) is 3.97. The van der Waals surface area contributed by atoms with Gasteiger partial charge in [0.25, 0.3) is 17.7 Å². The van der Waals surface area contributed by atoms with Gasteiger partial charge in [0.1, 0.15) is 0 Å². The summed E-state index contributed by atoms with van der Waals surface area (Å²) in [4.78, 5) is 38.2. The lowest BCUT2D eigenvalue weighted by Crippen LogP contribution is -2.35. The number of anilines is 1. The van der Waals surface area contributed by atoms with E-state index in [9.17, 15) is 14.4 Å². The van der Waals surface area contributed by atoms with Crippen LogP contribution in [0.5, 0.6) is 0 Å². The highest BCUT2D eigenvalue weighted by atomic mass is 16.2. The quantitative estimate of drug-likeness (QED) is 0.875. The van der Waals surface area contributed by atoms with E-state index in [-0.39, 0.29) is 29.0 Å². The third-order valence-corrected chi connectivity index (χ3v) is 3.97. The molecule has 124 valence electrons. The molecule has 0 bridgehead atoms. The van der Waals surface area contributed by atoms with Gasteiger partial charge in [0.2, 0.25) is 0 Å². The fourth-order valence-corrected chi connectivity index (χ4v) is 2.70. The number of benzene rings is 2. The molecular formula is C19H15N3O3. The van der Waals surface area contributed by atoms with Gasteiger partial charge in [-0.1, -0.05) is 0 Å². The van der Waals surface area contributed by atoms with Crippen molar-refractivity contribution in [2.75, 3.05) is 5.32 Å². The Balaban J connectivity index is 1.85. The minimum Gasteiger partial charge on any atom is -0.322 e. The molecule has 2 aromatic rings. The first kappa shape index (κ1) is 16.4. The Kier molecular flexibility index (Phi) is 4.07. The van der Waals surface area contributed by atoms with Crippen molar-refractivity contribution in [2.45, 2.75) is 19.9 Å². The van der Waals surface area contributed by atoms with Crippen molar-refractivity contribution in [2.24, 2.45) is 0 Å². The summed E-state index contributed by atoms with van der Waals surface area (Å²) >= 11 is 0. The number of amides is 3. The predicted molar refractivity (Wildman–Crippen MR) is 91.2 cm³/mol. The van der Waals surface area contributed by atoms with Gasteiger partial charge in [0, 0.05) is 17.3 Å². The van der Waals surface area contributed by atoms with Crippen LogP contribution in [0.25, 0.3) is 0 Å². The van der Waals surface area contributed by atoms with Gasteiger partial charge in [-0.15, -0.1) is 0 Å². The molecule has 1 aliphatic rings. The van der Waals surface area contributed by atoms with Crippen LogP contribution >= 0.6 is 0 Å². The predicted octanol–water partition coefficient (Wildman–Crippen LogP) is 2.81. The second-order valence-electron chi connectivity index (χ2n) is 5.98. The normalized spacial score (nSPS) is 13.0. The van der Waals surface area contributed by atoms with Crippen LogP contribution in [-0.2, 0) is 0 Å². The van der Waals surface area contributed by atoms with Crippen molar-refractivity contribution in [1.82, 2.24) is 4.90 Å². The fourth-order valence-electron chi connectivity index (χ4n) is 2.70. The Bertz CT molecular complexity index is 924. The van der Waals surface area contributed by atoms with Crippen LogP contribution in [0.3, 0.4) is 0 Å². The second-order valence-corrected chi connectivity index (χ2v) is 5.98. The summed E-state index contributed by atoms with van der Waals surface area (Å²) in [6, 6.07) is 12.7. The van der Waals surface area contributed by atoms with E-state index >= 15 is 0 Å². The van der Waals surface area contributed by atoms with E-state index in [0.29, 0.717) is 16.8 Å². The molecule has 0 unspecified atom stereocenters. The van der Waals surface area contributed by atoms with Gasteiger partial charge in [0.15, 0.2) is 0 Å². The van der Waals surface area contributed by atoms with Crippen LogP contribution in [0, 0.1) is 11.3 Å². The van der Waals surface area contributed by atoms with Crippen molar-refractivity contribution < 1.29 is 14.4 Å². The number of imide groups is 1. The molecule has 0 spiro atoms. The molecule has 3 amide bonds. The summed E-state index contributed by atoms with van der Waals surface area (Å²) in [6.07, 6.45) is 0. The summed E-state index contributed by atoms with van der Waals surface area (Å²) in [5, 5.41) is 11.5. The number of carbonyl (C=O) groups excluding carboxylic acids is 3. The fraction of sp³-hybridized carbons (Fsp3) is 0.158. The topological polar surface area (TPSA) is 90.3 Å². The molecule has 25 heavy (non-hydrogen) atoms. The van der Waals surface area contributed by atoms with Crippen molar-refractivity contribution >= 4 is 23.4 Å². The van der Waals surface area contributed by atoms with Crippen LogP contribution in [0.1, 0.15) is 50.5 Å². The number of hydrogen-bond donors (Lipinski definition) is 1. The Hall–Kier alpha value is -3.46. The minimum absolute atomic E-state index is 0.242. The monoisotopic (exact) mass is 333 g/mol. The smallest absolute Gasteiger partial charge is 0.261 e. The van der Waals surface area contributed by atoms with Gasteiger partial charge in [-0.05, 0) is 56.3 Å². The van der Waals surface area contributed by atoms with E-state index in [1.54, 1.807) is 38.1 Å². The molecule has 0 atom stereocenters. The standard InChI is InChI=1S/C19H15N3O3/c1-11(2)22-18(24)15-8-5-13(9-16(15)19(22)25)17(23)21-14-6-3-12(10-20)4-7-14/h3-9,11H,1-2H3,(H,21,23). The maximum absolute atomic E-state index is 12.4. The van der Waals surface area contributed by atoms with Crippen molar-refractivity contribution in [3.8, 4) is 6.07 Å². The first-order valence-electron chi connectivity index (χ1n) is 7.76. The zero-order valence-electron chi connectivity index (χ0n) is 13.7. The molecule has 1 aliphatic heterocycles. The summed E-state index contributed by atoms with van der Waals surface area (Å²) in [5.41, 5.74) is 1.87. The Labute approximate surface area is 144 Å². The van der Waals surface area contributed by atoms with E-state index in [0.717, 1.165) is 0 Å². The summed E-state index contributed by atoms with van der Waals surface area (Å²) in [6.45, 7) is 3.53. The van der Waals surface area contributed by atoms with Gasteiger partial charge >= 0.3 is 0 Å². The number of nitrogens with zero attached hydrogens (tertiary/aromatic N) is 2. The maximum Gasteiger partial charge on any atom is 0.261 e. The molecule has 1 heterocycles. The van der Waals surface area contributed by atoms with Gasteiger partial charge < -0.3 is 5.32 Å². The molecule has 0 saturated carbocycles. The van der Waals surface area contributed by atoms with Crippen molar-refractivity contribution in [3.05, 3.63) is 64.7 Å². The zero-order chi connectivity index (χ0) is 18.1. The molecule has 0 aromatic heterocycles. The third kappa shape index (κ3) is 2.88. The highest BCUT2D eigenvalue weighted by Crippen LogP contribution is 2.26. The Morgan fingerprint density at radius 1 is 1.04 bits per heavy atom. The molecule has 3 rings (SSSR count). The first-order chi connectivity index (χ1) is 11.9. The van der Waals surface area contributed by atoms with Gasteiger partial charge in [-0.3, -0.25) is 19.3 Å². The Morgan fingerprint density at radius 3 is 2.28 bits per heavy atom. The average molecular weight is 333 g/mol. The lowest BCUT2D eigenvalue weighted by atomic mass is 10.1. The highest BCUT2D eigenvalue weighted by Gasteiger charge is 2.37. The van der Waals surface area contributed by atoms with Crippen LogP contribution in [0.2, 0.25) is 0 Å².